The second-order valence-corrected chi connectivity index (χ2v) is 4.67. The molecule has 0 saturated carbocycles. The van der Waals surface area contributed by atoms with Crippen LogP contribution in [0.5, 0.6) is 17.2 Å². The summed E-state index contributed by atoms with van der Waals surface area (Å²) in [6.07, 6.45) is 0.780. The Kier molecular flexibility index (Phi) is 4.70. The molecule has 0 bridgehead atoms. The highest BCUT2D eigenvalue weighted by atomic mass is 35.5. The molecule has 0 aliphatic carbocycles. The van der Waals surface area contributed by atoms with Gasteiger partial charge in [0.15, 0.2) is 17.8 Å². The van der Waals surface area contributed by atoms with Gasteiger partial charge in [0.2, 0.25) is 5.75 Å². The number of halogens is 1. The molecule has 2 aromatic rings. The highest BCUT2D eigenvalue weighted by molar-refractivity contribution is 6.31. The van der Waals surface area contributed by atoms with Crippen molar-refractivity contribution in [2.24, 2.45) is 0 Å². The summed E-state index contributed by atoms with van der Waals surface area (Å²) < 4.78 is 16.0. The summed E-state index contributed by atoms with van der Waals surface area (Å²) in [5, 5.41) is 0.535. The normalized spacial score (nSPS) is 10.1. The highest BCUT2D eigenvalue weighted by Crippen LogP contribution is 2.45. The third-order valence-corrected chi connectivity index (χ3v) is 3.37. The number of methoxy groups -OCH3 is 3. The van der Waals surface area contributed by atoms with Crippen LogP contribution in [0.25, 0.3) is 11.1 Å². The standard InChI is InChI=1S/C16H15ClO4/c1-19-14-7-6-12(15(20-2)16(14)21-3)13-8-11(17)5-4-10(13)9-18/h4-9H,1-3H3. The molecule has 0 atom stereocenters. The van der Waals surface area contributed by atoms with E-state index in [9.17, 15) is 4.79 Å². The summed E-state index contributed by atoms with van der Waals surface area (Å²) in [5.41, 5.74) is 1.90. The zero-order chi connectivity index (χ0) is 15.4. The molecular weight excluding hydrogens is 292 g/mol. The molecule has 0 aromatic heterocycles. The first-order valence-corrected chi connectivity index (χ1v) is 6.58. The Bertz CT molecular complexity index is 668. The SMILES string of the molecule is COc1ccc(-c2cc(Cl)ccc2C=O)c(OC)c1OC. The maximum atomic E-state index is 11.2. The lowest BCUT2D eigenvalue weighted by molar-refractivity contribution is 0.112. The monoisotopic (exact) mass is 306 g/mol. The van der Waals surface area contributed by atoms with Crippen molar-refractivity contribution >= 4 is 17.9 Å². The van der Waals surface area contributed by atoms with E-state index in [4.69, 9.17) is 25.8 Å². The predicted octanol–water partition coefficient (Wildman–Crippen LogP) is 3.85. The van der Waals surface area contributed by atoms with Crippen molar-refractivity contribution in [1.29, 1.82) is 0 Å². The number of aldehydes is 1. The van der Waals surface area contributed by atoms with Gasteiger partial charge < -0.3 is 14.2 Å². The van der Waals surface area contributed by atoms with Gasteiger partial charge in [0, 0.05) is 16.1 Å². The number of rotatable bonds is 5. The van der Waals surface area contributed by atoms with Crippen LogP contribution in [-0.2, 0) is 0 Å². The van der Waals surface area contributed by atoms with Gasteiger partial charge >= 0.3 is 0 Å². The van der Waals surface area contributed by atoms with Crippen LogP contribution in [0.1, 0.15) is 10.4 Å². The van der Waals surface area contributed by atoms with Gasteiger partial charge in [-0.05, 0) is 35.9 Å². The average molecular weight is 307 g/mol. The van der Waals surface area contributed by atoms with Crippen LogP contribution in [0, 0.1) is 0 Å². The molecule has 0 unspecified atom stereocenters. The van der Waals surface area contributed by atoms with Crippen molar-refractivity contribution in [2.75, 3.05) is 21.3 Å². The van der Waals surface area contributed by atoms with Gasteiger partial charge in [-0.3, -0.25) is 4.79 Å². The number of hydrogen-bond acceptors (Lipinski definition) is 4. The molecule has 0 fully saturated rings. The van der Waals surface area contributed by atoms with Crippen molar-refractivity contribution in [3.63, 3.8) is 0 Å². The van der Waals surface area contributed by atoms with Crippen molar-refractivity contribution in [2.45, 2.75) is 0 Å². The van der Waals surface area contributed by atoms with E-state index in [2.05, 4.69) is 0 Å². The number of benzene rings is 2. The van der Waals surface area contributed by atoms with Crippen LogP contribution in [0.4, 0.5) is 0 Å². The predicted molar refractivity (Wildman–Crippen MR) is 81.9 cm³/mol. The molecule has 2 aromatic carbocycles. The fourth-order valence-corrected chi connectivity index (χ4v) is 2.35. The number of carbonyl (C=O) groups is 1. The van der Waals surface area contributed by atoms with Gasteiger partial charge in [-0.25, -0.2) is 0 Å². The molecule has 5 heteroatoms. The molecule has 21 heavy (non-hydrogen) atoms. The van der Waals surface area contributed by atoms with Crippen LogP contribution < -0.4 is 14.2 Å². The Labute approximate surface area is 128 Å². The summed E-state index contributed by atoms with van der Waals surface area (Å²) in [6, 6.07) is 8.61. The minimum Gasteiger partial charge on any atom is -0.493 e. The molecule has 2 rings (SSSR count). The smallest absolute Gasteiger partial charge is 0.203 e. The quantitative estimate of drug-likeness (QED) is 0.787. The van der Waals surface area contributed by atoms with Crippen molar-refractivity contribution in [3.8, 4) is 28.4 Å². The van der Waals surface area contributed by atoms with Crippen molar-refractivity contribution in [3.05, 3.63) is 40.9 Å². The molecule has 0 aliphatic heterocycles. The van der Waals surface area contributed by atoms with Crippen LogP contribution in [0.3, 0.4) is 0 Å². The first-order chi connectivity index (χ1) is 10.2. The van der Waals surface area contributed by atoms with Crippen LogP contribution >= 0.6 is 11.6 Å². The largest absolute Gasteiger partial charge is 0.493 e. The number of ether oxygens (including phenoxy) is 3. The van der Waals surface area contributed by atoms with E-state index in [-0.39, 0.29) is 0 Å². The van der Waals surface area contributed by atoms with Crippen LogP contribution in [-0.4, -0.2) is 27.6 Å². The Morgan fingerprint density at radius 2 is 1.62 bits per heavy atom. The summed E-state index contributed by atoms with van der Waals surface area (Å²) in [6.45, 7) is 0. The van der Waals surface area contributed by atoms with Crippen LogP contribution in [0.2, 0.25) is 5.02 Å². The second-order valence-electron chi connectivity index (χ2n) is 4.23. The lowest BCUT2D eigenvalue weighted by atomic mass is 9.99. The van der Waals surface area contributed by atoms with Gasteiger partial charge in [-0.1, -0.05) is 11.6 Å². The van der Waals surface area contributed by atoms with Gasteiger partial charge in [-0.15, -0.1) is 0 Å². The van der Waals surface area contributed by atoms with E-state index in [1.54, 1.807) is 37.4 Å². The minimum absolute atomic E-state index is 0.467. The van der Waals surface area contributed by atoms with Gasteiger partial charge in [0.05, 0.1) is 21.3 Å². The Balaban J connectivity index is 2.75. The summed E-state index contributed by atoms with van der Waals surface area (Å²) in [7, 11) is 4.61. The summed E-state index contributed by atoms with van der Waals surface area (Å²) in [5.74, 6) is 1.50. The molecule has 110 valence electrons. The topological polar surface area (TPSA) is 44.8 Å². The second kappa shape index (κ2) is 6.50. The molecule has 4 nitrogen and oxygen atoms in total. The maximum Gasteiger partial charge on any atom is 0.203 e. The molecule has 0 N–H and O–H groups in total. The Hall–Kier alpha value is -2.20. The van der Waals surface area contributed by atoms with Crippen LogP contribution in [0.15, 0.2) is 30.3 Å². The van der Waals surface area contributed by atoms with Gasteiger partial charge in [0.25, 0.3) is 0 Å². The van der Waals surface area contributed by atoms with E-state index in [0.29, 0.717) is 39.0 Å². The zero-order valence-electron chi connectivity index (χ0n) is 12.0. The minimum atomic E-state index is 0.467. The van der Waals surface area contributed by atoms with Crippen molar-refractivity contribution in [1.82, 2.24) is 0 Å². The average Bonchev–Trinajstić information content (AvgIpc) is 2.53. The molecule has 0 amide bonds. The molecule has 0 saturated heterocycles. The Morgan fingerprint density at radius 1 is 0.905 bits per heavy atom. The highest BCUT2D eigenvalue weighted by Gasteiger charge is 2.19. The summed E-state index contributed by atoms with van der Waals surface area (Å²) in [4.78, 5) is 11.2. The van der Waals surface area contributed by atoms with Gasteiger partial charge in [-0.2, -0.15) is 0 Å². The van der Waals surface area contributed by atoms with E-state index in [1.165, 1.54) is 14.2 Å². The molecule has 0 radical (unpaired) electrons. The van der Waals surface area contributed by atoms with Crippen molar-refractivity contribution < 1.29 is 19.0 Å². The summed E-state index contributed by atoms with van der Waals surface area (Å²) >= 11 is 6.04. The maximum absolute atomic E-state index is 11.2. The lowest BCUT2D eigenvalue weighted by Gasteiger charge is -2.16. The lowest BCUT2D eigenvalue weighted by Crippen LogP contribution is -1.98. The van der Waals surface area contributed by atoms with E-state index in [0.717, 1.165) is 6.29 Å². The zero-order valence-corrected chi connectivity index (χ0v) is 12.7. The fourth-order valence-electron chi connectivity index (χ4n) is 2.18. The number of hydrogen-bond donors (Lipinski definition) is 0. The molecule has 0 spiro atoms. The number of carbonyl (C=O) groups excluding carboxylic acids is 1. The third kappa shape index (κ3) is 2.81. The third-order valence-electron chi connectivity index (χ3n) is 3.14. The Morgan fingerprint density at radius 3 is 2.19 bits per heavy atom. The first-order valence-electron chi connectivity index (χ1n) is 6.20. The van der Waals surface area contributed by atoms with E-state index in [1.807, 2.05) is 0 Å². The molecular formula is C16H15ClO4. The van der Waals surface area contributed by atoms with Gasteiger partial charge in [0.1, 0.15) is 0 Å². The fraction of sp³-hybridized carbons (Fsp3) is 0.188. The van der Waals surface area contributed by atoms with E-state index >= 15 is 0 Å². The molecule has 0 heterocycles. The first kappa shape index (κ1) is 15.2. The molecule has 0 aliphatic rings. The van der Waals surface area contributed by atoms with E-state index < -0.39 is 0 Å².